The molecule has 7 nitrogen and oxygen atoms in total. The zero-order chi connectivity index (χ0) is 20.9. The molecule has 2 heterocycles. The topological polar surface area (TPSA) is 98.1 Å². The van der Waals surface area contributed by atoms with Crippen LogP contribution in [0.15, 0.2) is 72.9 Å². The van der Waals surface area contributed by atoms with Crippen molar-refractivity contribution in [1.29, 1.82) is 5.26 Å². The van der Waals surface area contributed by atoms with Crippen molar-refractivity contribution in [2.45, 2.75) is 12.3 Å². The molecule has 1 aliphatic rings. The van der Waals surface area contributed by atoms with E-state index in [1.807, 2.05) is 36.4 Å². The van der Waals surface area contributed by atoms with Gasteiger partial charge in [-0.3, -0.25) is 10.1 Å². The number of urea groups is 1. The van der Waals surface area contributed by atoms with Gasteiger partial charge >= 0.3 is 6.03 Å². The number of carbonyl (C=O) groups is 2. The summed E-state index contributed by atoms with van der Waals surface area (Å²) in [4.78, 5) is 30.7. The molecule has 1 atom stereocenters. The van der Waals surface area contributed by atoms with Gasteiger partial charge in [0.15, 0.2) is 0 Å². The SMILES string of the molecule is N#Cc1ccc(NC(=O)Nc2cc(N3C[C@@H](c4ccccc4)CC3=O)ccn2)cc1. The number of rotatable bonds is 4. The number of nitriles is 1. The Labute approximate surface area is 174 Å². The van der Waals surface area contributed by atoms with Gasteiger partial charge in [0.2, 0.25) is 5.91 Å². The molecule has 0 spiro atoms. The van der Waals surface area contributed by atoms with Gasteiger partial charge in [-0.15, -0.1) is 0 Å². The fraction of sp³-hybridized carbons (Fsp3) is 0.130. The molecule has 148 valence electrons. The summed E-state index contributed by atoms with van der Waals surface area (Å²) in [6, 6.07) is 21.5. The van der Waals surface area contributed by atoms with Crippen LogP contribution in [0.2, 0.25) is 0 Å². The van der Waals surface area contributed by atoms with E-state index in [1.54, 1.807) is 47.5 Å². The summed E-state index contributed by atoms with van der Waals surface area (Å²) in [7, 11) is 0. The summed E-state index contributed by atoms with van der Waals surface area (Å²) >= 11 is 0. The predicted molar refractivity (Wildman–Crippen MR) is 114 cm³/mol. The first-order valence-electron chi connectivity index (χ1n) is 9.52. The largest absolute Gasteiger partial charge is 0.324 e. The molecular formula is C23H19N5O2. The second-order valence-electron chi connectivity index (χ2n) is 6.98. The van der Waals surface area contributed by atoms with E-state index in [0.717, 1.165) is 5.56 Å². The number of hydrogen-bond acceptors (Lipinski definition) is 4. The first-order valence-corrected chi connectivity index (χ1v) is 9.52. The van der Waals surface area contributed by atoms with Crippen molar-refractivity contribution in [3.63, 3.8) is 0 Å². The van der Waals surface area contributed by atoms with Crippen LogP contribution in [-0.2, 0) is 4.79 Å². The van der Waals surface area contributed by atoms with Crippen molar-refractivity contribution in [1.82, 2.24) is 4.98 Å². The van der Waals surface area contributed by atoms with Crippen molar-refractivity contribution >= 4 is 29.1 Å². The zero-order valence-corrected chi connectivity index (χ0v) is 16.1. The molecule has 7 heteroatoms. The van der Waals surface area contributed by atoms with Gasteiger partial charge in [0, 0.05) is 42.5 Å². The lowest BCUT2D eigenvalue weighted by molar-refractivity contribution is -0.117. The Bertz CT molecular complexity index is 1110. The Morgan fingerprint density at radius 2 is 1.83 bits per heavy atom. The van der Waals surface area contributed by atoms with Crippen LogP contribution in [0, 0.1) is 11.3 Å². The van der Waals surface area contributed by atoms with E-state index in [1.165, 1.54) is 0 Å². The van der Waals surface area contributed by atoms with E-state index < -0.39 is 6.03 Å². The van der Waals surface area contributed by atoms with Gasteiger partial charge < -0.3 is 10.2 Å². The van der Waals surface area contributed by atoms with Crippen LogP contribution in [0.3, 0.4) is 0 Å². The highest BCUT2D eigenvalue weighted by Gasteiger charge is 2.31. The molecule has 1 aliphatic heterocycles. The van der Waals surface area contributed by atoms with Gasteiger partial charge in [-0.1, -0.05) is 30.3 Å². The van der Waals surface area contributed by atoms with Gasteiger partial charge in [-0.25, -0.2) is 9.78 Å². The smallest absolute Gasteiger partial charge is 0.312 e. The second kappa shape index (κ2) is 8.45. The zero-order valence-electron chi connectivity index (χ0n) is 16.1. The summed E-state index contributed by atoms with van der Waals surface area (Å²) in [6.07, 6.45) is 2.02. The molecule has 2 N–H and O–H groups in total. The minimum absolute atomic E-state index is 0.0445. The van der Waals surface area contributed by atoms with Crippen molar-refractivity contribution in [3.8, 4) is 6.07 Å². The Morgan fingerprint density at radius 3 is 2.57 bits per heavy atom. The number of nitrogens with zero attached hydrogens (tertiary/aromatic N) is 3. The maximum absolute atomic E-state index is 12.6. The number of pyridine rings is 1. The lowest BCUT2D eigenvalue weighted by atomic mass is 9.99. The van der Waals surface area contributed by atoms with Crippen molar-refractivity contribution < 1.29 is 9.59 Å². The summed E-state index contributed by atoms with van der Waals surface area (Å²) in [5.41, 5.74) is 2.91. The highest BCUT2D eigenvalue weighted by atomic mass is 16.2. The summed E-state index contributed by atoms with van der Waals surface area (Å²) in [5.74, 6) is 0.528. The van der Waals surface area contributed by atoms with Crippen LogP contribution >= 0.6 is 0 Å². The Kier molecular flexibility index (Phi) is 5.39. The minimum atomic E-state index is -0.459. The number of carbonyl (C=O) groups excluding carboxylic acids is 2. The Morgan fingerprint density at radius 1 is 1.07 bits per heavy atom. The molecule has 30 heavy (non-hydrogen) atoms. The van der Waals surface area contributed by atoms with E-state index in [-0.39, 0.29) is 11.8 Å². The molecule has 0 unspecified atom stereocenters. The average Bonchev–Trinajstić information content (AvgIpc) is 3.17. The first-order chi connectivity index (χ1) is 14.6. The number of anilines is 3. The van der Waals surface area contributed by atoms with E-state index in [4.69, 9.17) is 5.26 Å². The second-order valence-corrected chi connectivity index (χ2v) is 6.98. The van der Waals surface area contributed by atoms with Crippen LogP contribution < -0.4 is 15.5 Å². The molecule has 4 rings (SSSR count). The molecule has 0 saturated carbocycles. The van der Waals surface area contributed by atoms with Crippen LogP contribution in [0.1, 0.15) is 23.5 Å². The van der Waals surface area contributed by atoms with E-state index in [0.29, 0.717) is 35.7 Å². The fourth-order valence-electron chi connectivity index (χ4n) is 3.47. The third kappa shape index (κ3) is 4.28. The van der Waals surface area contributed by atoms with Crippen molar-refractivity contribution in [2.75, 3.05) is 22.1 Å². The average molecular weight is 397 g/mol. The highest BCUT2D eigenvalue weighted by Crippen LogP contribution is 2.32. The van der Waals surface area contributed by atoms with Crippen LogP contribution in [-0.4, -0.2) is 23.5 Å². The standard InChI is InChI=1S/C23H19N5O2/c24-14-16-6-8-19(9-7-16)26-23(30)27-21-13-20(10-11-25-21)28-15-18(12-22(28)29)17-4-2-1-3-5-17/h1-11,13,18H,12,15H2,(H2,25,26,27,30)/t18-/m0/s1. The maximum atomic E-state index is 12.6. The first kappa shape index (κ1) is 19.2. The molecule has 1 aromatic heterocycles. The van der Waals surface area contributed by atoms with Crippen LogP contribution in [0.4, 0.5) is 22.0 Å². The minimum Gasteiger partial charge on any atom is -0.312 e. The molecule has 0 radical (unpaired) electrons. The normalized spacial score (nSPS) is 15.5. The third-order valence-corrected chi connectivity index (χ3v) is 4.96. The quantitative estimate of drug-likeness (QED) is 0.692. The molecule has 3 aromatic rings. The monoisotopic (exact) mass is 397 g/mol. The Hall–Kier alpha value is -4.18. The van der Waals surface area contributed by atoms with Crippen molar-refractivity contribution in [3.05, 3.63) is 84.1 Å². The van der Waals surface area contributed by atoms with Gasteiger partial charge in [0.25, 0.3) is 0 Å². The third-order valence-electron chi connectivity index (χ3n) is 4.96. The number of hydrogen-bond donors (Lipinski definition) is 2. The highest BCUT2D eigenvalue weighted by molar-refractivity contribution is 6.00. The predicted octanol–water partition coefficient (Wildman–Crippen LogP) is 4.12. The van der Waals surface area contributed by atoms with Crippen LogP contribution in [0.25, 0.3) is 0 Å². The number of amides is 3. The summed E-state index contributed by atoms with van der Waals surface area (Å²) in [6.45, 7) is 0.587. The molecule has 2 aromatic carbocycles. The molecule has 0 aliphatic carbocycles. The molecule has 3 amide bonds. The van der Waals surface area contributed by atoms with Crippen molar-refractivity contribution in [2.24, 2.45) is 0 Å². The van der Waals surface area contributed by atoms with E-state index in [2.05, 4.69) is 15.6 Å². The number of nitrogens with one attached hydrogen (secondary N) is 2. The fourth-order valence-corrected chi connectivity index (χ4v) is 3.47. The van der Waals surface area contributed by atoms with E-state index in [9.17, 15) is 9.59 Å². The number of benzene rings is 2. The number of aromatic nitrogens is 1. The van der Waals surface area contributed by atoms with Gasteiger partial charge in [0.1, 0.15) is 5.82 Å². The lowest BCUT2D eigenvalue weighted by Crippen LogP contribution is -2.25. The molecule has 1 saturated heterocycles. The summed E-state index contributed by atoms with van der Waals surface area (Å²) < 4.78 is 0. The molecular weight excluding hydrogens is 378 g/mol. The van der Waals surface area contributed by atoms with Crippen LogP contribution in [0.5, 0.6) is 0 Å². The Balaban J connectivity index is 1.43. The molecule has 1 fully saturated rings. The maximum Gasteiger partial charge on any atom is 0.324 e. The van der Waals surface area contributed by atoms with Gasteiger partial charge in [0.05, 0.1) is 11.6 Å². The van der Waals surface area contributed by atoms with Gasteiger partial charge in [-0.05, 0) is 35.9 Å². The van der Waals surface area contributed by atoms with E-state index >= 15 is 0 Å². The molecule has 0 bridgehead atoms. The lowest BCUT2D eigenvalue weighted by Gasteiger charge is -2.18. The summed E-state index contributed by atoms with van der Waals surface area (Å²) in [5, 5.41) is 14.2. The van der Waals surface area contributed by atoms with Gasteiger partial charge in [-0.2, -0.15) is 5.26 Å².